The summed E-state index contributed by atoms with van der Waals surface area (Å²) in [7, 11) is 0. The smallest absolute Gasteiger partial charge is 0.329 e. The predicted molar refractivity (Wildman–Crippen MR) is 109 cm³/mol. The van der Waals surface area contributed by atoms with E-state index in [0.717, 1.165) is 19.3 Å². The van der Waals surface area contributed by atoms with Gasteiger partial charge in [-0.3, -0.25) is 4.79 Å². The van der Waals surface area contributed by atoms with Gasteiger partial charge < -0.3 is 24.8 Å². The minimum atomic E-state index is -1.11. The highest BCUT2D eigenvalue weighted by Gasteiger charge is 2.54. The average molecular weight is 413 g/mol. The highest BCUT2D eigenvalue weighted by atomic mass is 16.5. The number of carboxylic acids is 1. The van der Waals surface area contributed by atoms with Crippen molar-refractivity contribution in [3.05, 3.63) is 24.3 Å². The molecule has 4 atom stereocenters. The second-order valence-corrected chi connectivity index (χ2v) is 7.49. The van der Waals surface area contributed by atoms with Gasteiger partial charge in [-0.1, -0.05) is 50.5 Å². The fraction of sp³-hybridized carbons (Fsp3) is 0.727. The number of aliphatic carboxylic acids is 1. The summed E-state index contributed by atoms with van der Waals surface area (Å²) in [6.45, 7) is 3.77. The maximum Gasteiger partial charge on any atom is 0.329 e. The summed E-state index contributed by atoms with van der Waals surface area (Å²) < 4.78 is 10.3. The molecule has 1 aliphatic carbocycles. The van der Waals surface area contributed by atoms with E-state index in [4.69, 9.17) is 14.6 Å². The second-order valence-electron chi connectivity index (χ2n) is 7.49. The molecule has 0 aromatic heterocycles. The quantitative estimate of drug-likeness (QED) is 0.228. The third-order valence-electron chi connectivity index (χ3n) is 5.39. The van der Waals surface area contributed by atoms with E-state index in [2.05, 4.69) is 6.92 Å². The highest BCUT2D eigenvalue weighted by molar-refractivity contribution is 5.79. The van der Waals surface area contributed by atoms with Gasteiger partial charge in [-0.25, -0.2) is 4.79 Å². The fourth-order valence-corrected chi connectivity index (χ4v) is 3.81. The average Bonchev–Trinajstić information content (AvgIpc) is 2.99. The topological polar surface area (TPSA) is 113 Å². The molecule has 166 valence electrons. The molecule has 7 nitrogen and oxygen atoms in total. The fourth-order valence-electron chi connectivity index (χ4n) is 3.81. The monoisotopic (exact) mass is 412 g/mol. The number of aliphatic hydroxyl groups is 2. The van der Waals surface area contributed by atoms with Crippen LogP contribution in [0.1, 0.15) is 58.8 Å². The lowest BCUT2D eigenvalue weighted by Gasteiger charge is -2.33. The van der Waals surface area contributed by atoms with Gasteiger partial charge in [0.25, 0.3) is 0 Å². The lowest BCUT2D eigenvalue weighted by atomic mass is 9.73. The molecule has 0 heterocycles. The first-order chi connectivity index (χ1) is 13.9. The summed E-state index contributed by atoms with van der Waals surface area (Å²) in [5, 5.41) is 29.5. The summed E-state index contributed by atoms with van der Waals surface area (Å²) >= 11 is 0. The van der Waals surface area contributed by atoms with Gasteiger partial charge in [-0.15, -0.1) is 0 Å². The third-order valence-corrected chi connectivity index (χ3v) is 5.39. The molecule has 29 heavy (non-hydrogen) atoms. The van der Waals surface area contributed by atoms with E-state index in [-0.39, 0.29) is 25.6 Å². The number of ether oxygens (including phenoxy) is 2. The van der Waals surface area contributed by atoms with Gasteiger partial charge in [0.1, 0.15) is 12.0 Å². The van der Waals surface area contributed by atoms with Crippen LogP contribution in [0.15, 0.2) is 24.3 Å². The van der Waals surface area contributed by atoms with Crippen molar-refractivity contribution in [1.82, 2.24) is 0 Å². The Kier molecular flexibility index (Phi) is 11.8. The molecule has 0 saturated heterocycles. The SMILES string of the molecule is CCCCCC(O)C=CC1CC[C@@H](O)[C@]1(C/C=C\COCC(=O)O)C(=O)OCC. The van der Waals surface area contributed by atoms with E-state index in [9.17, 15) is 19.8 Å². The lowest BCUT2D eigenvalue weighted by Crippen LogP contribution is -2.44. The Morgan fingerprint density at radius 2 is 1.97 bits per heavy atom. The first-order valence-corrected chi connectivity index (χ1v) is 10.5. The molecule has 0 aromatic carbocycles. The van der Waals surface area contributed by atoms with Crippen LogP contribution >= 0.6 is 0 Å². The summed E-state index contributed by atoms with van der Waals surface area (Å²) in [6.07, 6.45) is 10.6. The molecule has 0 spiro atoms. The molecule has 0 radical (unpaired) electrons. The van der Waals surface area contributed by atoms with Crippen LogP contribution in [0.2, 0.25) is 0 Å². The zero-order chi connectivity index (χ0) is 21.7. The summed E-state index contributed by atoms with van der Waals surface area (Å²) in [5.74, 6) is -1.74. The van der Waals surface area contributed by atoms with Crippen molar-refractivity contribution < 1.29 is 34.4 Å². The standard InChI is InChI=1S/C22H36O7/c1-3-5-6-9-18(23)12-10-17-11-13-19(24)22(17,21(27)29-4-2)14-7-8-15-28-16-20(25)26/h7-8,10,12,17-19,23-24H,3-6,9,11,13-16H2,1-2H3,(H,25,26)/b8-7-,12-10?/t17?,18?,19-,22-/m1/s1. The number of rotatable bonds is 14. The molecule has 3 N–H and O–H groups in total. The Morgan fingerprint density at radius 1 is 1.21 bits per heavy atom. The predicted octanol–water partition coefficient (Wildman–Crippen LogP) is 2.85. The summed E-state index contributed by atoms with van der Waals surface area (Å²) in [5.41, 5.74) is -1.11. The molecule has 1 fully saturated rings. The van der Waals surface area contributed by atoms with Crippen LogP contribution in [0.3, 0.4) is 0 Å². The van der Waals surface area contributed by atoms with Crippen LogP contribution < -0.4 is 0 Å². The van der Waals surface area contributed by atoms with Crippen molar-refractivity contribution in [2.24, 2.45) is 11.3 Å². The Hall–Kier alpha value is -1.70. The number of allylic oxidation sites excluding steroid dienone is 2. The van der Waals surface area contributed by atoms with Crippen molar-refractivity contribution in [1.29, 1.82) is 0 Å². The second kappa shape index (κ2) is 13.5. The van der Waals surface area contributed by atoms with E-state index >= 15 is 0 Å². The summed E-state index contributed by atoms with van der Waals surface area (Å²) in [6, 6.07) is 0. The molecular weight excluding hydrogens is 376 g/mol. The van der Waals surface area contributed by atoms with Gasteiger partial charge in [0.05, 0.1) is 25.4 Å². The molecule has 0 amide bonds. The van der Waals surface area contributed by atoms with Crippen LogP contribution in [-0.2, 0) is 19.1 Å². The Bertz CT molecular complexity index is 557. The van der Waals surface area contributed by atoms with Crippen LogP contribution in [0.5, 0.6) is 0 Å². The van der Waals surface area contributed by atoms with Gasteiger partial charge in [0, 0.05) is 0 Å². The minimum Gasteiger partial charge on any atom is -0.480 e. The van der Waals surface area contributed by atoms with Crippen LogP contribution in [-0.4, -0.2) is 59.3 Å². The van der Waals surface area contributed by atoms with Gasteiger partial charge in [0.2, 0.25) is 0 Å². The number of carboxylic acid groups (broad SMARTS) is 1. The molecule has 1 saturated carbocycles. The molecule has 0 aliphatic heterocycles. The number of carbonyl (C=O) groups is 2. The van der Waals surface area contributed by atoms with Crippen LogP contribution in [0.4, 0.5) is 0 Å². The number of hydrogen-bond acceptors (Lipinski definition) is 6. The van der Waals surface area contributed by atoms with E-state index in [0.29, 0.717) is 19.3 Å². The van der Waals surface area contributed by atoms with Crippen molar-refractivity contribution in [3.63, 3.8) is 0 Å². The third kappa shape index (κ3) is 7.91. The molecule has 0 bridgehead atoms. The van der Waals surface area contributed by atoms with E-state index in [1.165, 1.54) is 0 Å². The van der Waals surface area contributed by atoms with E-state index in [1.54, 1.807) is 25.2 Å². The lowest BCUT2D eigenvalue weighted by molar-refractivity contribution is -0.163. The molecular formula is C22H36O7. The maximum absolute atomic E-state index is 12.8. The normalized spacial score (nSPS) is 25.7. The Labute approximate surface area is 173 Å². The van der Waals surface area contributed by atoms with Crippen molar-refractivity contribution in [2.75, 3.05) is 19.8 Å². The molecule has 1 rings (SSSR count). The van der Waals surface area contributed by atoms with Crippen molar-refractivity contribution in [2.45, 2.75) is 71.0 Å². The molecule has 1 aliphatic rings. The summed E-state index contributed by atoms with van der Waals surface area (Å²) in [4.78, 5) is 23.3. The number of unbranched alkanes of at least 4 members (excludes halogenated alkanes) is 2. The minimum absolute atomic E-state index is 0.109. The first kappa shape index (κ1) is 25.3. The molecule has 0 aromatic rings. The van der Waals surface area contributed by atoms with E-state index < -0.39 is 36.2 Å². The first-order valence-electron chi connectivity index (χ1n) is 10.5. The van der Waals surface area contributed by atoms with Crippen LogP contribution in [0.25, 0.3) is 0 Å². The molecule has 7 heteroatoms. The van der Waals surface area contributed by atoms with Crippen LogP contribution in [0, 0.1) is 11.3 Å². The van der Waals surface area contributed by atoms with Crippen molar-refractivity contribution >= 4 is 11.9 Å². The number of esters is 1. The zero-order valence-electron chi connectivity index (χ0n) is 17.6. The number of carbonyl (C=O) groups excluding carboxylic acids is 1. The van der Waals surface area contributed by atoms with Gasteiger partial charge in [-0.05, 0) is 38.5 Å². The highest BCUT2D eigenvalue weighted by Crippen LogP contribution is 2.48. The van der Waals surface area contributed by atoms with Gasteiger partial charge in [0.15, 0.2) is 0 Å². The largest absolute Gasteiger partial charge is 0.480 e. The zero-order valence-corrected chi connectivity index (χ0v) is 17.6. The molecule has 2 unspecified atom stereocenters. The van der Waals surface area contributed by atoms with Gasteiger partial charge in [-0.2, -0.15) is 0 Å². The Balaban J connectivity index is 2.87. The number of aliphatic hydroxyl groups excluding tert-OH is 2. The van der Waals surface area contributed by atoms with Crippen molar-refractivity contribution in [3.8, 4) is 0 Å². The Morgan fingerprint density at radius 3 is 2.62 bits per heavy atom. The maximum atomic E-state index is 12.8. The van der Waals surface area contributed by atoms with E-state index in [1.807, 2.05) is 6.08 Å². The van der Waals surface area contributed by atoms with Gasteiger partial charge >= 0.3 is 11.9 Å². The number of hydrogen-bond donors (Lipinski definition) is 3.